The Balaban J connectivity index is 2.46. The van der Waals surface area contributed by atoms with Gasteiger partial charge in [0, 0.05) is 6.54 Å². The molecule has 1 heterocycles. The third kappa shape index (κ3) is 1.30. The Labute approximate surface area is 60.2 Å². The summed E-state index contributed by atoms with van der Waals surface area (Å²) in [5.41, 5.74) is 0. The van der Waals surface area contributed by atoms with Crippen LogP contribution in [0.25, 0.3) is 0 Å². The maximum absolute atomic E-state index is 10.7. The monoisotopic (exact) mass is 141 g/mol. The summed E-state index contributed by atoms with van der Waals surface area (Å²) in [6, 6.07) is -0.551. The first-order chi connectivity index (χ1) is 4.75. The molecule has 1 unspecified atom stereocenters. The zero-order valence-corrected chi connectivity index (χ0v) is 5.49. The molecule has 54 valence electrons. The number of carbonyl (C=O) groups is 1. The van der Waals surface area contributed by atoms with Gasteiger partial charge in [0.15, 0.2) is 0 Å². The first kappa shape index (κ1) is 7.56. The van der Waals surface area contributed by atoms with E-state index in [1.54, 1.807) is 0 Å². The van der Waals surface area contributed by atoms with Gasteiger partial charge in [-0.05, 0) is 12.8 Å². The van der Waals surface area contributed by atoms with Crippen LogP contribution in [0, 0.1) is 0 Å². The summed E-state index contributed by atoms with van der Waals surface area (Å²) in [6.07, 6.45) is 1.42. The average Bonchev–Trinajstić information content (AvgIpc) is 2.34. The van der Waals surface area contributed by atoms with Crippen LogP contribution in [0.15, 0.2) is 0 Å². The Morgan fingerprint density at radius 2 is 2.50 bits per heavy atom. The van der Waals surface area contributed by atoms with Crippen LogP contribution >= 0.6 is 0 Å². The zero-order chi connectivity index (χ0) is 7.56. The largest absolute Gasteiger partial charge is 0.542 e. The molecule has 0 aromatic carbocycles. The molecule has 0 spiro atoms. The number of rotatable bonds is 1. The lowest BCUT2D eigenvalue weighted by Gasteiger charge is -2.14. The highest BCUT2D eigenvalue weighted by molar-refractivity contribution is 6.06. The van der Waals surface area contributed by atoms with Crippen LogP contribution in [0.2, 0.25) is 0 Å². The Kier molecular flexibility index (Phi) is 2.29. The van der Waals surface area contributed by atoms with E-state index in [1.165, 1.54) is 0 Å². The van der Waals surface area contributed by atoms with Gasteiger partial charge in [0.1, 0.15) is 6.04 Å². The van der Waals surface area contributed by atoms with Gasteiger partial charge in [-0.3, -0.25) is 4.79 Å². The van der Waals surface area contributed by atoms with E-state index in [2.05, 4.69) is 12.7 Å². The van der Waals surface area contributed by atoms with Crippen LogP contribution in [0.4, 0.5) is 0 Å². The number of nitrogens with zero attached hydrogens (tertiary/aromatic N) is 1. The topological polar surface area (TPSA) is 49.8 Å². The SMILES string of the molecule is [B]OC(=O)C1CCCN1O. The van der Waals surface area contributed by atoms with Crippen molar-refractivity contribution in [2.75, 3.05) is 6.54 Å². The van der Waals surface area contributed by atoms with Crippen molar-refractivity contribution in [2.24, 2.45) is 0 Å². The molecule has 5 heteroatoms. The van der Waals surface area contributed by atoms with E-state index in [9.17, 15) is 4.79 Å². The summed E-state index contributed by atoms with van der Waals surface area (Å²) >= 11 is 0. The molecule has 1 aliphatic rings. The molecule has 2 radical (unpaired) electrons. The minimum Gasteiger partial charge on any atom is -0.542 e. The highest BCUT2D eigenvalue weighted by Gasteiger charge is 2.29. The van der Waals surface area contributed by atoms with Gasteiger partial charge in [-0.25, -0.2) is 0 Å². The van der Waals surface area contributed by atoms with E-state index in [4.69, 9.17) is 5.21 Å². The van der Waals surface area contributed by atoms with Crippen molar-refractivity contribution in [1.29, 1.82) is 0 Å². The lowest BCUT2D eigenvalue weighted by molar-refractivity contribution is -0.158. The van der Waals surface area contributed by atoms with E-state index < -0.39 is 12.0 Å². The average molecular weight is 141 g/mol. The van der Waals surface area contributed by atoms with Crippen molar-refractivity contribution in [3.05, 3.63) is 0 Å². The van der Waals surface area contributed by atoms with Gasteiger partial charge >= 0.3 is 14.0 Å². The Hall–Kier alpha value is -0.545. The van der Waals surface area contributed by atoms with Crippen LogP contribution in [-0.4, -0.2) is 36.9 Å². The molecule has 0 bridgehead atoms. The van der Waals surface area contributed by atoms with E-state index in [1.807, 2.05) is 0 Å². The molecule has 1 rings (SSSR count). The standard InChI is InChI=1S/C5H8BNO3/c6-10-5(8)4-2-1-3-7(4)9/h4,9H,1-3H2. The van der Waals surface area contributed by atoms with Crippen molar-refractivity contribution in [2.45, 2.75) is 18.9 Å². The summed E-state index contributed by atoms with van der Waals surface area (Å²) in [7, 11) is 4.63. The maximum atomic E-state index is 10.7. The van der Waals surface area contributed by atoms with Crippen molar-refractivity contribution >= 4 is 14.0 Å². The predicted octanol–water partition coefficient (Wildman–Crippen LogP) is -0.533. The van der Waals surface area contributed by atoms with Crippen LogP contribution in [-0.2, 0) is 9.45 Å². The smallest absolute Gasteiger partial charge is 0.378 e. The number of hydrogen-bond donors (Lipinski definition) is 1. The summed E-state index contributed by atoms with van der Waals surface area (Å²) in [6.45, 7) is 0.514. The van der Waals surface area contributed by atoms with Crippen LogP contribution in [0.1, 0.15) is 12.8 Å². The highest BCUT2D eigenvalue weighted by atomic mass is 16.5. The van der Waals surface area contributed by atoms with Crippen molar-refractivity contribution in [3.63, 3.8) is 0 Å². The van der Waals surface area contributed by atoms with Crippen molar-refractivity contribution in [1.82, 2.24) is 5.06 Å². The fourth-order valence-corrected chi connectivity index (χ4v) is 1.07. The molecule has 0 aromatic rings. The van der Waals surface area contributed by atoms with Gasteiger partial charge in [-0.2, -0.15) is 5.06 Å². The highest BCUT2D eigenvalue weighted by Crippen LogP contribution is 2.14. The minimum absolute atomic E-state index is 0.514. The molecule has 1 N–H and O–H groups in total. The second kappa shape index (κ2) is 3.03. The Bertz CT molecular complexity index is 141. The fourth-order valence-electron chi connectivity index (χ4n) is 1.07. The van der Waals surface area contributed by atoms with Gasteiger partial charge < -0.3 is 9.86 Å². The zero-order valence-electron chi connectivity index (χ0n) is 5.49. The third-order valence-corrected chi connectivity index (χ3v) is 1.61. The van der Waals surface area contributed by atoms with E-state index in [0.717, 1.165) is 11.5 Å². The van der Waals surface area contributed by atoms with Crippen LogP contribution in [0.5, 0.6) is 0 Å². The molecule has 1 aliphatic heterocycles. The molecule has 0 saturated carbocycles. The quantitative estimate of drug-likeness (QED) is 0.498. The molecular formula is C5H8BNO3. The predicted molar refractivity (Wildman–Crippen MR) is 33.4 cm³/mol. The molecular weight excluding hydrogens is 133 g/mol. The minimum atomic E-state index is -0.569. The molecule has 1 fully saturated rings. The lowest BCUT2D eigenvalue weighted by Crippen LogP contribution is -2.34. The maximum Gasteiger partial charge on any atom is 0.378 e. The Morgan fingerprint density at radius 3 is 2.90 bits per heavy atom. The number of carbonyl (C=O) groups excluding carboxylic acids is 1. The summed E-state index contributed by atoms with van der Waals surface area (Å²) in [5, 5.41) is 9.92. The molecule has 0 aliphatic carbocycles. The van der Waals surface area contributed by atoms with Gasteiger partial charge in [-0.1, -0.05) is 0 Å². The number of hydroxylamine groups is 2. The van der Waals surface area contributed by atoms with E-state index in [-0.39, 0.29) is 0 Å². The number of hydrogen-bond acceptors (Lipinski definition) is 4. The van der Waals surface area contributed by atoms with E-state index >= 15 is 0 Å². The molecule has 1 atom stereocenters. The second-order valence-electron chi connectivity index (χ2n) is 2.26. The molecule has 0 aromatic heterocycles. The third-order valence-electron chi connectivity index (χ3n) is 1.61. The first-order valence-corrected chi connectivity index (χ1v) is 3.12. The summed E-state index contributed by atoms with van der Waals surface area (Å²) < 4.78 is 3.96. The first-order valence-electron chi connectivity index (χ1n) is 3.12. The van der Waals surface area contributed by atoms with Gasteiger partial charge in [0.05, 0.1) is 0 Å². The normalized spacial score (nSPS) is 26.7. The van der Waals surface area contributed by atoms with Crippen LogP contribution < -0.4 is 0 Å². The summed E-state index contributed by atoms with van der Waals surface area (Å²) in [4.78, 5) is 10.7. The van der Waals surface area contributed by atoms with Crippen LogP contribution in [0.3, 0.4) is 0 Å². The molecule has 10 heavy (non-hydrogen) atoms. The second-order valence-corrected chi connectivity index (χ2v) is 2.26. The van der Waals surface area contributed by atoms with E-state index in [0.29, 0.717) is 13.0 Å². The van der Waals surface area contributed by atoms with Gasteiger partial charge in [0.2, 0.25) is 0 Å². The Morgan fingerprint density at radius 1 is 1.80 bits per heavy atom. The molecule has 4 nitrogen and oxygen atoms in total. The van der Waals surface area contributed by atoms with Crippen molar-refractivity contribution < 1.29 is 14.7 Å². The van der Waals surface area contributed by atoms with Crippen molar-refractivity contribution in [3.8, 4) is 0 Å². The molecule has 0 amide bonds. The summed E-state index contributed by atoms with van der Waals surface area (Å²) in [5.74, 6) is -0.569. The van der Waals surface area contributed by atoms with Gasteiger partial charge in [-0.15, -0.1) is 0 Å². The molecule has 1 saturated heterocycles. The lowest BCUT2D eigenvalue weighted by atomic mass is 10.2. The van der Waals surface area contributed by atoms with Gasteiger partial charge in [0.25, 0.3) is 0 Å². The fraction of sp³-hybridized carbons (Fsp3) is 0.800.